The molecule has 1 aliphatic rings. The fourth-order valence-electron chi connectivity index (χ4n) is 2.68. The Bertz CT molecular complexity index is 973. The number of aromatic nitrogens is 2. The lowest BCUT2D eigenvalue weighted by Gasteiger charge is -2.09. The van der Waals surface area contributed by atoms with Gasteiger partial charge < -0.3 is 20.1 Å². The molecule has 1 aromatic heterocycles. The van der Waals surface area contributed by atoms with Crippen molar-refractivity contribution in [3.8, 4) is 11.5 Å². The number of amides is 1. The van der Waals surface area contributed by atoms with E-state index in [4.69, 9.17) is 9.47 Å². The van der Waals surface area contributed by atoms with Gasteiger partial charge in [0.1, 0.15) is 0 Å². The van der Waals surface area contributed by atoms with Gasteiger partial charge in [-0.05, 0) is 36.2 Å². The van der Waals surface area contributed by atoms with Gasteiger partial charge in [0.25, 0.3) is 5.91 Å². The molecular formula is C20H18N4O3. The van der Waals surface area contributed by atoms with Crippen LogP contribution in [0.5, 0.6) is 11.5 Å². The zero-order valence-corrected chi connectivity index (χ0v) is 14.7. The maximum Gasteiger partial charge on any atom is 0.258 e. The van der Waals surface area contributed by atoms with Crippen LogP contribution in [-0.2, 0) is 6.54 Å². The zero-order valence-electron chi connectivity index (χ0n) is 14.7. The molecule has 0 aliphatic carbocycles. The van der Waals surface area contributed by atoms with E-state index in [1.54, 1.807) is 0 Å². The van der Waals surface area contributed by atoms with E-state index < -0.39 is 0 Å². The van der Waals surface area contributed by atoms with Gasteiger partial charge in [-0.15, -0.1) is 0 Å². The summed E-state index contributed by atoms with van der Waals surface area (Å²) in [6.07, 6.45) is 3.01. The van der Waals surface area contributed by atoms with Gasteiger partial charge in [0.2, 0.25) is 12.7 Å². The minimum atomic E-state index is -0.244. The Morgan fingerprint density at radius 1 is 1.07 bits per heavy atom. The highest BCUT2D eigenvalue weighted by atomic mass is 16.7. The molecule has 0 unspecified atom stereocenters. The lowest BCUT2D eigenvalue weighted by molar-refractivity contribution is 0.102. The Hall–Kier alpha value is -3.61. The van der Waals surface area contributed by atoms with Crippen molar-refractivity contribution in [1.82, 2.24) is 9.97 Å². The van der Waals surface area contributed by atoms with Gasteiger partial charge in [-0.2, -0.15) is 0 Å². The largest absolute Gasteiger partial charge is 0.454 e. The number of benzene rings is 2. The molecule has 2 heterocycles. The number of aryl methyl sites for hydroxylation is 1. The molecule has 7 nitrogen and oxygen atoms in total. The molecule has 4 rings (SSSR count). The van der Waals surface area contributed by atoms with Gasteiger partial charge in [0.05, 0.1) is 5.56 Å². The molecule has 0 radical (unpaired) electrons. The number of anilines is 2. The molecule has 2 aromatic carbocycles. The first-order valence-electron chi connectivity index (χ1n) is 8.50. The number of rotatable bonds is 5. The van der Waals surface area contributed by atoms with E-state index in [1.807, 2.05) is 49.4 Å². The van der Waals surface area contributed by atoms with Crippen LogP contribution < -0.4 is 20.1 Å². The molecule has 2 N–H and O–H groups in total. The first kappa shape index (κ1) is 16.8. The summed E-state index contributed by atoms with van der Waals surface area (Å²) in [6, 6.07) is 13.3. The van der Waals surface area contributed by atoms with Gasteiger partial charge in [-0.25, -0.2) is 9.97 Å². The second-order valence-corrected chi connectivity index (χ2v) is 6.11. The Morgan fingerprint density at radius 2 is 1.85 bits per heavy atom. The maximum atomic E-state index is 12.3. The average Bonchev–Trinajstić information content (AvgIpc) is 3.16. The summed E-state index contributed by atoms with van der Waals surface area (Å²) in [6.45, 7) is 2.72. The third-order valence-corrected chi connectivity index (χ3v) is 4.19. The van der Waals surface area contributed by atoms with E-state index in [9.17, 15) is 4.79 Å². The summed E-state index contributed by atoms with van der Waals surface area (Å²) in [5.74, 6) is 1.68. The van der Waals surface area contributed by atoms with Crippen molar-refractivity contribution in [2.24, 2.45) is 0 Å². The molecule has 0 atom stereocenters. The monoisotopic (exact) mass is 362 g/mol. The van der Waals surface area contributed by atoms with Crippen molar-refractivity contribution in [3.05, 3.63) is 71.5 Å². The van der Waals surface area contributed by atoms with Crippen LogP contribution in [0.4, 0.5) is 11.6 Å². The van der Waals surface area contributed by atoms with Gasteiger partial charge in [-0.3, -0.25) is 4.79 Å². The number of nitrogens with zero attached hydrogens (tertiary/aromatic N) is 2. The van der Waals surface area contributed by atoms with E-state index in [2.05, 4.69) is 20.6 Å². The van der Waals surface area contributed by atoms with Crippen LogP contribution in [-0.4, -0.2) is 22.7 Å². The highest BCUT2D eigenvalue weighted by molar-refractivity contribution is 6.04. The first-order valence-corrected chi connectivity index (χ1v) is 8.50. The van der Waals surface area contributed by atoms with Crippen LogP contribution >= 0.6 is 0 Å². The molecule has 1 amide bonds. The summed E-state index contributed by atoms with van der Waals surface area (Å²) in [5.41, 5.74) is 3.18. The quantitative estimate of drug-likeness (QED) is 0.724. The summed E-state index contributed by atoms with van der Waals surface area (Å²) < 4.78 is 10.7. The number of carbonyl (C=O) groups excluding carboxylic acids is 1. The molecule has 27 heavy (non-hydrogen) atoms. The van der Waals surface area contributed by atoms with E-state index in [1.165, 1.54) is 12.4 Å². The average molecular weight is 362 g/mol. The summed E-state index contributed by atoms with van der Waals surface area (Å²) in [4.78, 5) is 20.8. The normalized spacial score (nSPS) is 11.9. The number of fused-ring (bicyclic) bond motifs is 1. The Labute approximate surface area is 156 Å². The number of para-hydroxylation sites is 1. The first-order chi connectivity index (χ1) is 13.2. The van der Waals surface area contributed by atoms with Crippen molar-refractivity contribution in [2.45, 2.75) is 13.5 Å². The molecular weight excluding hydrogens is 344 g/mol. The molecule has 0 saturated heterocycles. The minimum Gasteiger partial charge on any atom is -0.454 e. The van der Waals surface area contributed by atoms with Crippen LogP contribution in [0.3, 0.4) is 0 Å². The van der Waals surface area contributed by atoms with Crippen molar-refractivity contribution in [1.29, 1.82) is 0 Å². The predicted molar refractivity (Wildman–Crippen MR) is 101 cm³/mol. The smallest absolute Gasteiger partial charge is 0.258 e. The van der Waals surface area contributed by atoms with Crippen molar-refractivity contribution in [2.75, 3.05) is 17.4 Å². The van der Waals surface area contributed by atoms with Crippen LogP contribution in [0, 0.1) is 6.92 Å². The highest BCUT2D eigenvalue weighted by Gasteiger charge is 2.13. The molecule has 0 spiro atoms. The molecule has 3 aromatic rings. The van der Waals surface area contributed by atoms with Crippen molar-refractivity contribution >= 4 is 17.5 Å². The molecule has 0 saturated carbocycles. The van der Waals surface area contributed by atoms with E-state index in [0.29, 0.717) is 18.1 Å². The summed E-state index contributed by atoms with van der Waals surface area (Å²) in [7, 11) is 0. The minimum absolute atomic E-state index is 0.244. The maximum absolute atomic E-state index is 12.3. The summed E-state index contributed by atoms with van der Waals surface area (Å²) in [5, 5.41) is 5.99. The van der Waals surface area contributed by atoms with Crippen LogP contribution in [0.1, 0.15) is 21.5 Å². The Kier molecular flexibility index (Phi) is 4.57. The summed E-state index contributed by atoms with van der Waals surface area (Å²) >= 11 is 0. The number of hydrogen-bond acceptors (Lipinski definition) is 6. The molecule has 0 fully saturated rings. The standard InChI is InChI=1S/C20H18N4O3/c1-13-4-2-3-5-16(13)24-19(25)15-10-22-20(23-11-15)21-9-14-6-7-17-18(8-14)27-12-26-17/h2-8,10-11H,9,12H2,1H3,(H,24,25)(H,21,22,23). The van der Waals surface area contributed by atoms with Gasteiger partial charge in [0.15, 0.2) is 11.5 Å². The van der Waals surface area contributed by atoms with Crippen LogP contribution in [0.15, 0.2) is 54.9 Å². The fourth-order valence-corrected chi connectivity index (χ4v) is 2.68. The Balaban J connectivity index is 1.37. The van der Waals surface area contributed by atoms with E-state index in [-0.39, 0.29) is 12.7 Å². The zero-order chi connectivity index (χ0) is 18.6. The van der Waals surface area contributed by atoms with E-state index in [0.717, 1.165) is 28.3 Å². The lowest BCUT2D eigenvalue weighted by atomic mass is 10.2. The van der Waals surface area contributed by atoms with Crippen molar-refractivity contribution < 1.29 is 14.3 Å². The number of ether oxygens (including phenoxy) is 2. The second-order valence-electron chi connectivity index (χ2n) is 6.11. The fraction of sp³-hybridized carbons (Fsp3) is 0.150. The third-order valence-electron chi connectivity index (χ3n) is 4.19. The third kappa shape index (κ3) is 3.82. The van der Waals surface area contributed by atoms with Crippen LogP contribution in [0.25, 0.3) is 0 Å². The number of carbonyl (C=O) groups is 1. The molecule has 136 valence electrons. The lowest BCUT2D eigenvalue weighted by Crippen LogP contribution is -2.14. The molecule has 0 bridgehead atoms. The molecule has 7 heteroatoms. The highest BCUT2D eigenvalue weighted by Crippen LogP contribution is 2.32. The van der Waals surface area contributed by atoms with Gasteiger partial charge >= 0.3 is 0 Å². The van der Waals surface area contributed by atoms with Crippen molar-refractivity contribution in [3.63, 3.8) is 0 Å². The second kappa shape index (κ2) is 7.33. The topological polar surface area (TPSA) is 85.4 Å². The van der Waals surface area contributed by atoms with Gasteiger partial charge in [-0.1, -0.05) is 24.3 Å². The predicted octanol–water partition coefficient (Wildman–Crippen LogP) is 3.38. The number of hydrogen-bond donors (Lipinski definition) is 2. The molecule has 1 aliphatic heterocycles. The van der Waals surface area contributed by atoms with E-state index >= 15 is 0 Å². The SMILES string of the molecule is Cc1ccccc1NC(=O)c1cnc(NCc2ccc3c(c2)OCO3)nc1. The van der Waals surface area contributed by atoms with Crippen LogP contribution in [0.2, 0.25) is 0 Å². The Morgan fingerprint density at radius 3 is 2.67 bits per heavy atom. The number of nitrogens with one attached hydrogen (secondary N) is 2. The van der Waals surface area contributed by atoms with Gasteiger partial charge in [0, 0.05) is 24.6 Å².